The number of hydrogen-bond donors (Lipinski definition) is 2. The summed E-state index contributed by atoms with van der Waals surface area (Å²) in [5.41, 5.74) is 7.26. The van der Waals surface area contributed by atoms with E-state index in [-0.39, 0.29) is 11.9 Å². The largest absolute Gasteiger partial charge is 0.495 e. The average molecular weight is 458 g/mol. The van der Waals surface area contributed by atoms with Gasteiger partial charge in [-0.2, -0.15) is 0 Å². The van der Waals surface area contributed by atoms with E-state index in [0.717, 1.165) is 34.6 Å². The summed E-state index contributed by atoms with van der Waals surface area (Å²) in [5.74, 6) is 1.28. The van der Waals surface area contributed by atoms with Crippen molar-refractivity contribution in [3.63, 3.8) is 0 Å². The van der Waals surface area contributed by atoms with Gasteiger partial charge in [0.25, 0.3) is 0 Å². The monoisotopic (exact) mass is 457 g/mol. The fourth-order valence-electron chi connectivity index (χ4n) is 3.61. The van der Waals surface area contributed by atoms with E-state index in [1.54, 1.807) is 7.11 Å². The summed E-state index contributed by atoms with van der Waals surface area (Å²) in [6.45, 7) is 6.03. The third-order valence-corrected chi connectivity index (χ3v) is 6.76. The Balaban J connectivity index is 1.70. The number of halogens is 1. The van der Waals surface area contributed by atoms with E-state index in [1.807, 2.05) is 61.8 Å². The number of aryl methyl sites for hydroxylation is 3. The van der Waals surface area contributed by atoms with Crippen molar-refractivity contribution in [3.8, 4) is 5.75 Å². The van der Waals surface area contributed by atoms with Crippen LogP contribution >= 0.6 is 23.4 Å². The van der Waals surface area contributed by atoms with Crippen molar-refractivity contribution in [1.82, 2.24) is 14.9 Å². The first-order chi connectivity index (χ1) is 14.9. The lowest BCUT2D eigenvalue weighted by Crippen LogP contribution is -2.41. The lowest BCUT2D eigenvalue weighted by Gasteiger charge is -2.33. The van der Waals surface area contributed by atoms with E-state index in [4.69, 9.17) is 16.3 Å². The number of fused-ring (bicyclic) bond motifs is 1. The predicted molar refractivity (Wildman–Crippen MR) is 124 cm³/mol. The molecule has 9 heteroatoms. The van der Waals surface area contributed by atoms with Crippen molar-refractivity contribution in [1.29, 1.82) is 0 Å². The molecule has 2 atom stereocenters. The summed E-state index contributed by atoms with van der Waals surface area (Å²) in [6.07, 6.45) is 0.718. The van der Waals surface area contributed by atoms with Crippen LogP contribution in [-0.4, -0.2) is 33.1 Å². The number of ether oxygens (including phenoxy) is 1. The maximum atomic E-state index is 13.4. The molecule has 162 valence electrons. The quantitative estimate of drug-likeness (QED) is 0.586. The molecule has 1 aromatic heterocycles. The van der Waals surface area contributed by atoms with Gasteiger partial charge in [0.2, 0.25) is 11.1 Å². The Kier molecular flexibility index (Phi) is 6.11. The summed E-state index contributed by atoms with van der Waals surface area (Å²) in [4.78, 5) is 13.4. The van der Waals surface area contributed by atoms with Crippen LogP contribution in [0.25, 0.3) is 0 Å². The highest BCUT2D eigenvalue weighted by Crippen LogP contribution is 2.39. The van der Waals surface area contributed by atoms with Crippen LogP contribution in [0.15, 0.2) is 41.6 Å². The fourth-order valence-corrected chi connectivity index (χ4v) is 4.98. The van der Waals surface area contributed by atoms with Gasteiger partial charge >= 0.3 is 0 Å². The van der Waals surface area contributed by atoms with Gasteiger partial charge < -0.3 is 15.5 Å². The van der Waals surface area contributed by atoms with Crippen LogP contribution in [0.2, 0.25) is 5.02 Å². The summed E-state index contributed by atoms with van der Waals surface area (Å²) < 4.78 is 7.14. The number of carbonyl (C=O) groups is 1. The summed E-state index contributed by atoms with van der Waals surface area (Å²) >= 11 is 7.78. The SMILES string of the molecule is CCc1nnc2n1N[C@@H](c1ccc(OC)c(Cl)c1)[C@@H](C(=O)Nc1ccc(C)cc1C)S2. The highest BCUT2D eigenvalue weighted by atomic mass is 35.5. The maximum absolute atomic E-state index is 13.4. The Morgan fingerprint density at radius 1 is 1.26 bits per heavy atom. The van der Waals surface area contributed by atoms with E-state index in [2.05, 4.69) is 20.9 Å². The summed E-state index contributed by atoms with van der Waals surface area (Å²) in [5, 5.41) is 12.3. The smallest absolute Gasteiger partial charge is 0.240 e. The van der Waals surface area contributed by atoms with Gasteiger partial charge in [-0.05, 0) is 43.2 Å². The van der Waals surface area contributed by atoms with Gasteiger partial charge in [0.15, 0.2) is 5.82 Å². The molecule has 7 nitrogen and oxygen atoms in total. The first kappa shape index (κ1) is 21.5. The van der Waals surface area contributed by atoms with Crippen LogP contribution in [-0.2, 0) is 11.2 Å². The van der Waals surface area contributed by atoms with Gasteiger partial charge in [-0.25, -0.2) is 4.68 Å². The molecule has 1 amide bonds. The average Bonchev–Trinajstić information content (AvgIpc) is 3.16. The van der Waals surface area contributed by atoms with E-state index >= 15 is 0 Å². The van der Waals surface area contributed by atoms with E-state index < -0.39 is 5.25 Å². The highest BCUT2D eigenvalue weighted by molar-refractivity contribution is 8.00. The highest BCUT2D eigenvalue weighted by Gasteiger charge is 2.38. The molecule has 31 heavy (non-hydrogen) atoms. The second kappa shape index (κ2) is 8.80. The third kappa shape index (κ3) is 4.22. The number of nitrogens with one attached hydrogen (secondary N) is 2. The van der Waals surface area contributed by atoms with Gasteiger partial charge in [-0.15, -0.1) is 10.2 Å². The van der Waals surface area contributed by atoms with Crippen LogP contribution in [0.1, 0.15) is 35.5 Å². The van der Waals surface area contributed by atoms with Crippen LogP contribution in [0, 0.1) is 13.8 Å². The van der Waals surface area contributed by atoms with Gasteiger partial charge in [0.05, 0.1) is 18.2 Å². The van der Waals surface area contributed by atoms with E-state index in [9.17, 15) is 4.79 Å². The van der Waals surface area contributed by atoms with Crippen LogP contribution in [0.3, 0.4) is 0 Å². The zero-order chi connectivity index (χ0) is 22.1. The van der Waals surface area contributed by atoms with E-state index in [0.29, 0.717) is 15.9 Å². The Bertz CT molecular complexity index is 1130. The first-order valence-electron chi connectivity index (χ1n) is 10.00. The Morgan fingerprint density at radius 2 is 2.06 bits per heavy atom. The molecular weight excluding hydrogens is 434 g/mol. The van der Waals surface area contributed by atoms with E-state index in [1.165, 1.54) is 11.8 Å². The minimum Gasteiger partial charge on any atom is -0.495 e. The number of aromatic nitrogens is 3. The number of amides is 1. The number of nitrogens with zero attached hydrogens (tertiary/aromatic N) is 3. The maximum Gasteiger partial charge on any atom is 0.240 e. The first-order valence-corrected chi connectivity index (χ1v) is 11.3. The topological polar surface area (TPSA) is 81.1 Å². The molecule has 3 aromatic rings. The van der Waals surface area contributed by atoms with Crippen molar-refractivity contribution in [2.24, 2.45) is 0 Å². The molecule has 0 radical (unpaired) electrons. The van der Waals surface area contributed by atoms with Crippen molar-refractivity contribution < 1.29 is 9.53 Å². The summed E-state index contributed by atoms with van der Waals surface area (Å²) in [7, 11) is 1.58. The predicted octanol–water partition coefficient (Wildman–Crippen LogP) is 4.52. The van der Waals surface area contributed by atoms with Gasteiger partial charge in [0.1, 0.15) is 11.0 Å². The number of carbonyl (C=O) groups excluding carboxylic acids is 1. The molecule has 1 aliphatic rings. The van der Waals surface area contributed by atoms with Gasteiger partial charge in [0, 0.05) is 12.1 Å². The molecule has 0 unspecified atom stereocenters. The second-order valence-corrected chi connectivity index (χ2v) is 8.95. The molecule has 0 saturated carbocycles. The van der Waals surface area contributed by atoms with Crippen molar-refractivity contribution in [3.05, 3.63) is 63.9 Å². The number of thioether (sulfide) groups is 1. The molecule has 2 N–H and O–H groups in total. The molecule has 0 bridgehead atoms. The molecule has 2 aromatic carbocycles. The zero-order valence-corrected chi connectivity index (χ0v) is 19.3. The number of methoxy groups -OCH3 is 1. The second-order valence-electron chi connectivity index (χ2n) is 7.43. The Labute approximate surface area is 190 Å². The van der Waals surface area contributed by atoms with Gasteiger partial charge in [-0.1, -0.05) is 54.0 Å². The minimum atomic E-state index is -0.480. The standard InChI is InChI=1S/C22H24ClN5O2S/c1-5-18-25-26-22-28(18)27-19(14-7-9-17(30-4)15(23)11-14)20(31-22)21(29)24-16-8-6-12(2)10-13(16)3/h6-11,19-20,27H,5H2,1-4H3,(H,24,29)/t19-,20-/m0/s1. The van der Waals surface area contributed by atoms with Gasteiger partial charge in [-0.3, -0.25) is 4.79 Å². The number of hydrogen-bond acceptors (Lipinski definition) is 6. The lowest BCUT2D eigenvalue weighted by atomic mass is 10.0. The van der Waals surface area contributed by atoms with Crippen LogP contribution < -0.4 is 15.5 Å². The number of benzene rings is 2. The molecule has 2 heterocycles. The molecule has 0 fully saturated rings. The molecule has 1 aliphatic heterocycles. The Morgan fingerprint density at radius 3 is 2.74 bits per heavy atom. The molecule has 0 aliphatic carbocycles. The van der Waals surface area contributed by atoms with Crippen molar-refractivity contribution >= 4 is 35.0 Å². The normalized spacial score (nSPS) is 17.6. The molecule has 4 rings (SSSR count). The zero-order valence-electron chi connectivity index (χ0n) is 17.8. The summed E-state index contributed by atoms with van der Waals surface area (Å²) in [6, 6.07) is 11.2. The molecular formula is C22H24ClN5O2S. The van der Waals surface area contributed by atoms with Crippen LogP contribution in [0.4, 0.5) is 5.69 Å². The third-order valence-electron chi connectivity index (χ3n) is 5.25. The van der Waals surface area contributed by atoms with Crippen molar-refractivity contribution in [2.45, 2.75) is 43.6 Å². The number of anilines is 1. The number of rotatable bonds is 5. The van der Waals surface area contributed by atoms with Crippen LogP contribution in [0.5, 0.6) is 5.75 Å². The molecule has 0 saturated heterocycles. The minimum absolute atomic E-state index is 0.117. The Hall–Kier alpha value is -2.71. The molecule has 0 spiro atoms. The lowest BCUT2D eigenvalue weighted by molar-refractivity contribution is -0.116. The fraction of sp³-hybridized carbons (Fsp3) is 0.318. The van der Waals surface area contributed by atoms with Crippen molar-refractivity contribution in [2.75, 3.05) is 17.9 Å².